The molecule has 0 aromatic rings. The average Bonchev–Trinajstić information content (AvgIpc) is 3.10. The maximum atomic E-state index is 8.83. The van der Waals surface area contributed by atoms with E-state index in [2.05, 4.69) is 58.4 Å². The molecule has 0 radical (unpaired) electrons. The smallest absolute Gasteiger partial charge is 0.137 e. The predicted octanol–water partition coefficient (Wildman–Crippen LogP) is 3.26. The molecule has 0 unspecified atom stereocenters. The second-order valence-corrected chi connectivity index (χ2v) is 8.54. The summed E-state index contributed by atoms with van der Waals surface area (Å²) in [6, 6.07) is 0. The number of piperazine rings is 1. The van der Waals surface area contributed by atoms with Gasteiger partial charge < -0.3 is 14.7 Å². The second-order valence-electron chi connectivity index (χ2n) is 7.37. The molecule has 0 aromatic heterocycles. The first-order chi connectivity index (χ1) is 14.3. The van der Waals surface area contributed by atoms with Crippen LogP contribution in [0.4, 0.5) is 0 Å². The van der Waals surface area contributed by atoms with E-state index in [0.29, 0.717) is 13.2 Å². The summed E-state index contributed by atoms with van der Waals surface area (Å²) in [4.78, 5) is 12.7. The van der Waals surface area contributed by atoms with E-state index >= 15 is 0 Å². The van der Waals surface area contributed by atoms with E-state index in [1.54, 1.807) is 0 Å². The van der Waals surface area contributed by atoms with Crippen LogP contribution in [0.1, 0.15) is 12.8 Å². The van der Waals surface area contributed by atoms with Crippen molar-refractivity contribution in [3.63, 3.8) is 0 Å². The van der Waals surface area contributed by atoms with Crippen LogP contribution >= 0.6 is 11.8 Å². The summed E-state index contributed by atoms with van der Waals surface area (Å²) in [5, 5.41) is 8.83. The third-order valence-electron chi connectivity index (χ3n) is 5.33. The molecular weight excluding hydrogens is 382 g/mol. The molecule has 1 fully saturated rings. The molecule has 4 aliphatic rings. The Labute approximate surface area is 177 Å². The fourth-order valence-corrected chi connectivity index (χ4v) is 4.88. The lowest BCUT2D eigenvalue weighted by molar-refractivity contribution is 0.0652. The van der Waals surface area contributed by atoms with Crippen molar-refractivity contribution in [3.05, 3.63) is 69.7 Å². The van der Waals surface area contributed by atoms with Gasteiger partial charge in [0.1, 0.15) is 5.84 Å². The van der Waals surface area contributed by atoms with Crippen LogP contribution in [-0.2, 0) is 4.74 Å². The van der Waals surface area contributed by atoms with Gasteiger partial charge in [-0.2, -0.15) is 0 Å². The van der Waals surface area contributed by atoms with Crippen LogP contribution < -0.4 is 0 Å². The minimum atomic E-state index is 0.0902. The van der Waals surface area contributed by atoms with Gasteiger partial charge in [0, 0.05) is 55.3 Å². The van der Waals surface area contributed by atoms with Gasteiger partial charge in [-0.25, -0.2) is 4.99 Å². The summed E-state index contributed by atoms with van der Waals surface area (Å²) in [6.45, 7) is 6.03. The van der Waals surface area contributed by atoms with Crippen molar-refractivity contribution in [2.24, 2.45) is 4.99 Å². The van der Waals surface area contributed by atoms with E-state index in [9.17, 15) is 0 Å². The topological polar surface area (TPSA) is 48.3 Å². The van der Waals surface area contributed by atoms with Crippen LogP contribution in [0.3, 0.4) is 0 Å². The van der Waals surface area contributed by atoms with E-state index in [0.717, 1.165) is 57.1 Å². The number of amidine groups is 1. The largest absolute Gasteiger partial charge is 0.394 e. The third kappa shape index (κ3) is 5.39. The normalized spacial score (nSPS) is 22.2. The third-order valence-corrected chi connectivity index (χ3v) is 6.48. The molecule has 2 heterocycles. The van der Waals surface area contributed by atoms with Gasteiger partial charge in [0.25, 0.3) is 0 Å². The first kappa shape index (κ1) is 20.4. The van der Waals surface area contributed by atoms with E-state index in [1.165, 1.54) is 15.4 Å². The number of rotatable bonds is 5. The number of aliphatic hydroxyl groups excluding tert-OH is 1. The number of aliphatic imine (C=N–C) groups is 1. The second kappa shape index (κ2) is 10.3. The Morgan fingerprint density at radius 1 is 1.03 bits per heavy atom. The van der Waals surface area contributed by atoms with Crippen molar-refractivity contribution < 1.29 is 9.84 Å². The van der Waals surface area contributed by atoms with Crippen molar-refractivity contribution >= 4 is 17.6 Å². The Hall–Kier alpha value is -1.86. The minimum absolute atomic E-state index is 0.0902. The number of aliphatic hydroxyl groups is 1. The Balaban J connectivity index is 1.52. The number of hydrogen-bond donors (Lipinski definition) is 1. The average molecular weight is 412 g/mol. The molecule has 2 aliphatic heterocycles. The molecule has 6 heteroatoms. The first-order valence-corrected chi connectivity index (χ1v) is 11.2. The lowest BCUT2D eigenvalue weighted by atomic mass is 10.1. The highest BCUT2D eigenvalue weighted by atomic mass is 32.2. The van der Waals surface area contributed by atoms with Gasteiger partial charge in [0.15, 0.2) is 0 Å². The van der Waals surface area contributed by atoms with Crippen LogP contribution in [0, 0.1) is 0 Å². The Kier molecular flexibility index (Phi) is 7.22. The Morgan fingerprint density at radius 3 is 2.76 bits per heavy atom. The quantitative estimate of drug-likeness (QED) is 0.704. The van der Waals surface area contributed by atoms with Crippen molar-refractivity contribution in [3.8, 4) is 0 Å². The fraction of sp³-hybridized carbons (Fsp3) is 0.435. The summed E-state index contributed by atoms with van der Waals surface area (Å²) >= 11 is 1.88. The SMILES string of the molecule is OCCOCCN1CCN(C2=NC3=CC=CC=C(C3)SC3=CCC=CC=C32)CC1. The van der Waals surface area contributed by atoms with E-state index in [1.807, 2.05) is 11.8 Å². The number of fused-ring (bicyclic) bond motifs is 3. The Bertz CT molecular complexity index is 812. The Morgan fingerprint density at radius 2 is 1.90 bits per heavy atom. The summed E-state index contributed by atoms with van der Waals surface area (Å²) in [5.74, 6) is 1.10. The van der Waals surface area contributed by atoms with Crippen molar-refractivity contribution in [1.82, 2.24) is 9.80 Å². The van der Waals surface area contributed by atoms with E-state index in [4.69, 9.17) is 14.8 Å². The molecule has 1 saturated heterocycles. The lowest BCUT2D eigenvalue weighted by Crippen LogP contribution is -2.50. The standard InChI is InChI=1S/C23H29N3O2S/c27-15-17-28-16-14-25-10-12-26(13-11-25)23-21-8-2-1-3-9-22(21)29-20-7-5-4-6-19(18-20)24-23/h1-2,4-9,27H,3,10-18H2. The highest BCUT2D eigenvalue weighted by Gasteiger charge is 2.26. The summed E-state index contributed by atoms with van der Waals surface area (Å²) < 4.78 is 5.43. The lowest BCUT2D eigenvalue weighted by Gasteiger charge is -2.37. The molecule has 0 aromatic carbocycles. The number of allylic oxidation sites excluding steroid dienone is 9. The minimum Gasteiger partial charge on any atom is -0.394 e. The van der Waals surface area contributed by atoms with Gasteiger partial charge in [0.05, 0.1) is 19.8 Å². The van der Waals surface area contributed by atoms with Crippen molar-refractivity contribution in [1.29, 1.82) is 0 Å². The van der Waals surface area contributed by atoms with Crippen LogP contribution in [0.15, 0.2) is 74.7 Å². The molecule has 4 rings (SSSR count). The molecule has 5 nitrogen and oxygen atoms in total. The summed E-state index contributed by atoms with van der Waals surface area (Å²) in [6.07, 6.45) is 19.3. The van der Waals surface area contributed by atoms with Gasteiger partial charge in [-0.05, 0) is 17.4 Å². The fourth-order valence-electron chi connectivity index (χ4n) is 3.79. The van der Waals surface area contributed by atoms with Gasteiger partial charge in [0.2, 0.25) is 0 Å². The van der Waals surface area contributed by atoms with Gasteiger partial charge in [-0.15, -0.1) is 0 Å². The maximum Gasteiger partial charge on any atom is 0.137 e. The zero-order valence-electron chi connectivity index (χ0n) is 16.8. The zero-order chi connectivity index (χ0) is 19.9. The zero-order valence-corrected chi connectivity index (χ0v) is 17.6. The van der Waals surface area contributed by atoms with E-state index in [-0.39, 0.29) is 6.61 Å². The number of thioether (sulfide) groups is 1. The number of ether oxygens (including phenoxy) is 1. The monoisotopic (exact) mass is 411 g/mol. The van der Waals surface area contributed by atoms with Crippen molar-refractivity contribution in [2.45, 2.75) is 12.8 Å². The predicted molar refractivity (Wildman–Crippen MR) is 121 cm³/mol. The first-order valence-electron chi connectivity index (χ1n) is 10.4. The van der Waals surface area contributed by atoms with Crippen LogP contribution in [-0.4, -0.2) is 73.3 Å². The molecule has 0 saturated carbocycles. The molecule has 0 amide bonds. The molecule has 154 valence electrons. The molecule has 1 N–H and O–H groups in total. The maximum absolute atomic E-state index is 8.83. The van der Waals surface area contributed by atoms with E-state index < -0.39 is 0 Å². The van der Waals surface area contributed by atoms with Gasteiger partial charge in [-0.1, -0.05) is 54.3 Å². The number of nitrogens with zero attached hydrogens (tertiary/aromatic N) is 3. The van der Waals surface area contributed by atoms with Crippen molar-refractivity contribution in [2.75, 3.05) is 52.5 Å². The molecule has 29 heavy (non-hydrogen) atoms. The molecule has 0 atom stereocenters. The summed E-state index contributed by atoms with van der Waals surface area (Å²) in [5.41, 5.74) is 2.36. The number of hydrogen-bond acceptors (Lipinski definition) is 6. The highest BCUT2D eigenvalue weighted by Crippen LogP contribution is 2.40. The van der Waals surface area contributed by atoms with Crippen LogP contribution in [0.5, 0.6) is 0 Å². The summed E-state index contributed by atoms with van der Waals surface area (Å²) in [7, 11) is 0. The molecule has 0 spiro atoms. The van der Waals surface area contributed by atoms with Crippen LogP contribution in [0.2, 0.25) is 0 Å². The van der Waals surface area contributed by atoms with Crippen LogP contribution in [0.25, 0.3) is 0 Å². The highest BCUT2D eigenvalue weighted by molar-refractivity contribution is 8.07. The van der Waals surface area contributed by atoms with Gasteiger partial charge >= 0.3 is 0 Å². The molecule has 2 aliphatic carbocycles. The van der Waals surface area contributed by atoms with Gasteiger partial charge in [-0.3, -0.25) is 4.90 Å². The molecular formula is C23H29N3O2S. The molecule has 2 bridgehead atoms.